The van der Waals surface area contributed by atoms with Gasteiger partial charge in [0.05, 0.1) is 5.56 Å². The van der Waals surface area contributed by atoms with Crippen molar-refractivity contribution in [1.29, 1.82) is 0 Å². The van der Waals surface area contributed by atoms with Crippen molar-refractivity contribution in [2.24, 2.45) is 11.8 Å². The van der Waals surface area contributed by atoms with Gasteiger partial charge < -0.3 is 0 Å². The van der Waals surface area contributed by atoms with E-state index in [2.05, 4.69) is 30.9 Å². The molecular weight excluding hydrogens is 367 g/mol. The van der Waals surface area contributed by atoms with Gasteiger partial charge in [-0.25, -0.2) is 4.39 Å². The number of hydrogen-bond donors (Lipinski definition) is 0. The predicted octanol–water partition coefficient (Wildman–Crippen LogP) is 7.81. The van der Waals surface area contributed by atoms with Crippen molar-refractivity contribution in [2.75, 3.05) is 0 Å². The Balaban J connectivity index is 1.47. The molecule has 148 valence electrons. The van der Waals surface area contributed by atoms with E-state index in [9.17, 15) is 4.39 Å². The van der Waals surface area contributed by atoms with E-state index in [0.29, 0.717) is 10.6 Å². The van der Waals surface area contributed by atoms with Gasteiger partial charge in [0.25, 0.3) is 0 Å². The predicted molar refractivity (Wildman–Crippen MR) is 117 cm³/mol. The molecule has 0 radical (unpaired) electrons. The van der Waals surface area contributed by atoms with Gasteiger partial charge >= 0.3 is 0 Å². The Hall–Kier alpha value is -1.78. The molecule has 1 aliphatic rings. The highest BCUT2D eigenvalue weighted by atomic mass is 35.5. The van der Waals surface area contributed by atoms with E-state index in [1.807, 2.05) is 12.1 Å². The van der Waals surface area contributed by atoms with Crippen molar-refractivity contribution in [2.45, 2.75) is 64.7 Å². The number of benzene rings is 2. The van der Waals surface area contributed by atoms with E-state index in [-0.39, 0.29) is 5.82 Å². The highest BCUT2D eigenvalue weighted by Gasteiger charge is 2.20. The molecule has 0 heterocycles. The quantitative estimate of drug-likeness (QED) is 0.436. The first-order valence-corrected chi connectivity index (χ1v) is 11.1. The molecule has 2 aromatic rings. The van der Waals surface area contributed by atoms with Gasteiger partial charge in [-0.05, 0) is 60.6 Å². The van der Waals surface area contributed by atoms with Crippen molar-refractivity contribution >= 4 is 11.6 Å². The molecule has 0 spiro atoms. The maximum Gasteiger partial charge on any atom is 0.140 e. The molecule has 1 fully saturated rings. The van der Waals surface area contributed by atoms with Crippen LogP contribution in [0, 0.1) is 29.5 Å². The fourth-order valence-electron chi connectivity index (χ4n) is 4.16. The van der Waals surface area contributed by atoms with Gasteiger partial charge in [-0.2, -0.15) is 0 Å². The molecular formula is C26H30ClF. The van der Waals surface area contributed by atoms with Crippen LogP contribution in [0.15, 0.2) is 42.5 Å². The first kappa shape index (κ1) is 20.9. The molecule has 2 aromatic carbocycles. The van der Waals surface area contributed by atoms with Crippen LogP contribution in [0.2, 0.25) is 5.02 Å². The molecule has 1 saturated carbocycles. The third-order valence-corrected chi connectivity index (χ3v) is 6.24. The largest absolute Gasteiger partial charge is 0.206 e. The number of hydrogen-bond acceptors (Lipinski definition) is 0. The van der Waals surface area contributed by atoms with Crippen LogP contribution in [0.3, 0.4) is 0 Å². The van der Waals surface area contributed by atoms with Crippen LogP contribution in [0.4, 0.5) is 4.39 Å². The lowest BCUT2D eigenvalue weighted by Crippen LogP contribution is -2.15. The second kappa shape index (κ2) is 10.7. The fourth-order valence-corrected chi connectivity index (χ4v) is 4.32. The zero-order valence-electron chi connectivity index (χ0n) is 16.8. The van der Waals surface area contributed by atoms with Crippen molar-refractivity contribution in [3.05, 3.63) is 70.0 Å². The highest BCUT2D eigenvalue weighted by molar-refractivity contribution is 6.30. The minimum atomic E-state index is -0.374. The molecule has 0 atom stereocenters. The van der Waals surface area contributed by atoms with Crippen LogP contribution >= 0.6 is 11.6 Å². The van der Waals surface area contributed by atoms with Crippen LogP contribution in [-0.4, -0.2) is 0 Å². The van der Waals surface area contributed by atoms with Crippen LogP contribution in [0.5, 0.6) is 0 Å². The summed E-state index contributed by atoms with van der Waals surface area (Å²) in [6.07, 6.45) is 12.3. The van der Waals surface area contributed by atoms with Crippen LogP contribution < -0.4 is 0 Å². The Kier molecular flexibility index (Phi) is 7.99. The zero-order valence-corrected chi connectivity index (χ0v) is 17.6. The number of aryl methyl sites for hydroxylation is 1. The summed E-state index contributed by atoms with van der Waals surface area (Å²) in [6, 6.07) is 13.0. The summed E-state index contributed by atoms with van der Waals surface area (Å²) < 4.78 is 13.8. The number of rotatable bonds is 6. The van der Waals surface area contributed by atoms with E-state index in [1.54, 1.807) is 12.1 Å². The molecule has 0 amide bonds. The molecule has 0 aromatic heterocycles. The summed E-state index contributed by atoms with van der Waals surface area (Å²) in [5, 5.41) is 0.391. The fraction of sp³-hybridized carbons (Fsp3) is 0.462. The Morgan fingerprint density at radius 2 is 1.61 bits per heavy atom. The van der Waals surface area contributed by atoms with Crippen LogP contribution in [0.25, 0.3) is 0 Å². The van der Waals surface area contributed by atoms with Gasteiger partial charge in [0.1, 0.15) is 5.82 Å². The smallest absolute Gasteiger partial charge is 0.140 e. The molecule has 1 aliphatic carbocycles. The lowest BCUT2D eigenvalue weighted by Gasteiger charge is -2.28. The molecule has 0 N–H and O–H groups in total. The maximum absolute atomic E-state index is 13.8. The Labute approximate surface area is 174 Å². The standard InChI is InChI=1S/C26H30ClF/c1-2-3-4-20-5-7-21(8-6-20)9-10-22-11-13-23(14-12-22)15-16-24-17-18-25(27)19-26(24)28/h11-14,17-21H,2-10H2,1H3. The molecule has 3 rings (SSSR count). The summed E-state index contributed by atoms with van der Waals surface area (Å²) in [6.45, 7) is 2.29. The van der Waals surface area contributed by atoms with Crippen molar-refractivity contribution < 1.29 is 4.39 Å². The topological polar surface area (TPSA) is 0 Å². The summed E-state index contributed by atoms with van der Waals surface area (Å²) in [7, 11) is 0. The van der Waals surface area contributed by atoms with Gasteiger partial charge in [0.15, 0.2) is 0 Å². The third-order valence-electron chi connectivity index (χ3n) is 6.00. The second-order valence-corrected chi connectivity index (χ2v) is 8.58. The Morgan fingerprint density at radius 3 is 2.25 bits per heavy atom. The van der Waals surface area contributed by atoms with Crippen LogP contribution in [0.1, 0.15) is 75.0 Å². The first-order chi connectivity index (χ1) is 13.6. The van der Waals surface area contributed by atoms with Gasteiger partial charge in [0, 0.05) is 10.6 Å². The number of halogens is 2. The minimum Gasteiger partial charge on any atom is -0.206 e. The van der Waals surface area contributed by atoms with E-state index in [0.717, 1.165) is 23.8 Å². The molecule has 0 saturated heterocycles. The molecule has 0 bridgehead atoms. The average molecular weight is 397 g/mol. The molecule has 28 heavy (non-hydrogen) atoms. The summed E-state index contributed by atoms with van der Waals surface area (Å²) >= 11 is 5.78. The van der Waals surface area contributed by atoms with Crippen molar-refractivity contribution in [3.63, 3.8) is 0 Å². The number of unbranched alkanes of at least 4 members (excludes halogenated alkanes) is 1. The summed E-state index contributed by atoms with van der Waals surface area (Å²) in [4.78, 5) is 0. The van der Waals surface area contributed by atoms with Gasteiger partial charge in [-0.3, -0.25) is 0 Å². The van der Waals surface area contributed by atoms with E-state index < -0.39 is 0 Å². The van der Waals surface area contributed by atoms with E-state index in [1.165, 1.54) is 63.0 Å². The highest BCUT2D eigenvalue weighted by Crippen LogP contribution is 2.34. The zero-order chi connectivity index (χ0) is 19.8. The van der Waals surface area contributed by atoms with E-state index >= 15 is 0 Å². The van der Waals surface area contributed by atoms with Crippen molar-refractivity contribution in [3.8, 4) is 11.8 Å². The SMILES string of the molecule is CCCCC1CCC(CCc2ccc(C#Cc3ccc(Cl)cc3F)cc2)CC1. The molecule has 0 nitrogen and oxygen atoms in total. The third kappa shape index (κ3) is 6.39. The Morgan fingerprint density at radius 1 is 0.929 bits per heavy atom. The minimum absolute atomic E-state index is 0.374. The van der Waals surface area contributed by atoms with Crippen LogP contribution in [-0.2, 0) is 6.42 Å². The molecule has 0 aliphatic heterocycles. The maximum atomic E-state index is 13.8. The summed E-state index contributed by atoms with van der Waals surface area (Å²) in [5.74, 6) is 7.44. The lowest BCUT2D eigenvalue weighted by molar-refractivity contribution is 0.250. The van der Waals surface area contributed by atoms with Crippen molar-refractivity contribution in [1.82, 2.24) is 0 Å². The van der Waals surface area contributed by atoms with Gasteiger partial charge in [-0.15, -0.1) is 0 Å². The normalized spacial score (nSPS) is 19.1. The van der Waals surface area contributed by atoms with Gasteiger partial charge in [-0.1, -0.05) is 87.4 Å². The first-order valence-electron chi connectivity index (χ1n) is 10.7. The van der Waals surface area contributed by atoms with Gasteiger partial charge in [0.2, 0.25) is 0 Å². The molecule has 2 heteroatoms. The summed E-state index contributed by atoms with van der Waals surface area (Å²) in [5.41, 5.74) is 2.66. The average Bonchev–Trinajstić information content (AvgIpc) is 2.71. The lowest BCUT2D eigenvalue weighted by atomic mass is 9.78. The van der Waals surface area contributed by atoms with E-state index in [4.69, 9.17) is 11.6 Å². The molecule has 0 unspecified atom stereocenters. The Bertz CT molecular complexity index is 805. The second-order valence-electron chi connectivity index (χ2n) is 8.14. The monoisotopic (exact) mass is 396 g/mol.